The van der Waals surface area contributed by atoms with E-state index in [0.29, 0.717) is 42.1 Å². The van der Waals surface area contributed by atoms with Crippen molar-refractivity contribution in [1.82, 2.24) is 14.9 Å². The average molecular weight is 435 g/mol. The van der Waals surface area contributed by atoms with Gasteiger partial charge in [0, 0.05) is 18.0 Å². The molecule has 0 radical (unpaired) electrons. The molecule has 1 unspecified atom stereocenters. The highest BCUT2D eigenvalue weighted by atomic mass is 16.5. The zero-order valence-corrected chi connectivity index (χ0v) is 18.7. The second-order valence-corrected chi connectivity index (χ2v) is 10.2. The second-order valence-electron chi connectivity index (χ2n) is 10.2. The molecule has 5 rings (SSSR count). The zero-order valence-electron chi connectivity index (χ0n) is 18.7. The first kappa shape index (κ1) is 20.9. The van der Waals surface area contributed by atoms with Crippen LogP contribution in [-0.2, 0) is 0 Å². The zero-order chi connectivity index (χ0) is 22.5. The molecule has 1 atom stereocenters. The van der Waals surface area contributed by atoms with Crippen LogP contribution in [-0.4, -0.2) is 39.8 Å². The highest BCUT2D eigenvalue weighted by Crippen LogP contribution is 2.45. The fourth-order valence-electron chi connectivity index (χ4n) is 4.63. The predicted octanol–water partition coefficient (Wildman–Crippen LogP) is 3.86. The van der Waals surface area contributed by atoms with Crippen molar-refractivity contribution >= 4 is 11.8 Å². The Labute approximate surface area is 188 Å². The van der Waals surface area contributed by atoms with Gasteiger partial charge in [0.05, 0.1) is 18.8 Å². The standard InChI is InChI=1S/C25H30N4O3/c1-25(2)11-20(17-5-3-4-6-18(17)22(26)30)29(14-25)24(31)19-12-27-21(16-9-10-16)23(28-19)32-13-15-7-8-15/h3-6,12,15-16,20H,7-11,13-14H2,1-2H3,(H2,26,30). The Kier molecular flexibility index (Phi) is 5.14. The number of ether oxygens (including phenoxy) is 1. The van der Waals surface area contributed by atoms with Crippen LogP contribution in [0.5, 0.6) is 5.88 Å². The summed E-state index contributed by atoms with van der Waals surface area (Å²) in [4.78, 5) is 36.8. The second kappa shape index (κ2) is 7.87. The first-order valence-corrected chi connectivity index (χ1v) is 11.5. The van der Waals surface area contributed by atoms with Crippen molar-refractivity contribution in [2.75, 3.05) is 13.2 Å². The summed E-state index contributed by atoms with van der Waals surface area (Å²) < 4.78 is 6.01. The van der Waals surface area contributed by atoms with Crippen molar-refractivity contribution < 1.29 is 14.3 Å². The van der Waals surface area contributed by atoms with Crippen molar-refractivity contribution in [2.45, 2.75) is 57.9 Å². The molecule has 1 aliphatic heterocycles. The van der Waals surface area contributed by atoms with Crippen molar-refractivity contribution in [3.05, 3.63) is 53.0 Å². The Morgan fingerprint density at radius 3 is 2.62 bits per heavy atom. The molecule has 3 aliphatic rings. The lowest BCUT2D eigenvalue weighted by Crippen LogP contribution is -2.34. The van der Waals surface area contributed by atoms with E-state index in [1.165, 1.54) is 12.8 Å². The molecule has 1 saturated heterocycles. The Morgan fingerprint density at radius 1 is 1.19 bits per heavy atom. The summed E-state index contributed by atoms with van der Waals surface area (Å²) in [6.07, 6.45) is 6.88. The molecule has 168 valence electrons. The summed E-state index contributed by atoms with van der Waals surface area (Å²) >= 11 is 0. The van der Waals surface area contributed by atoms with Gasteiger partial charge in [-0.25, -0.2) is 4.98 Å². The van der Waals surface area contributed by atoms with Crippen LogP contribution in [0.1, 0.15) is 90.0 Å². The van der Waals surface area contributed by atoms with E-state index in [1.54, 1.807) is 18.3 Å². The molecule has 2 heterocycles. The van der Waals surface area contributed by atoms with Gasteiger partial charge in [-0.1, -0.05) is 32.0 Å². The topological polar surface area (TPSA) is 98.4 Å². The highest BCUT2D eigenvalue weighted by Gasteiger charge is 2.43. The van der Waals surface area contributed by atoms with Crippen molar-refractivity contribution in [3.63, 3.8) is 0 Å². The number of nitrogens with zero attached hydrogens (tertiary/aromatic N) is 3. The van der Waals surface area contributed by atoms with E-state index < -0.39 is 5.91 Å². The highest BCUT2D eigenvalue weighted by molar-refractivity contribution is 5.96. The first-order chi connectivity index (χ1) is 15.3. The van der Waals surface area contributed by atoms with E-state index in [-0.39, 0.29) is 17.4 Å². The monoisotopic (exact) mass is 434 g/mol. The third-order valence-corrected chi connectivity index (χ3v) is 6.67. The lowest BCUT2D eigenvalue weighted by Gasteiger charge is -2.26. The molecule has 1 aromatic carbocycles. The SMILES string of the molecule is CC1(C)CC(c2ccccc2C(N)=O)N(C(=O)c2cnc(C3CC3)c(OCC3CC3)n2)C1. The molecule has 7 heteroatoms. The summed E-state index contributed by atoms with van der Waals surface area (Å²) in [5, 5.41) is 0. The molecule has 32 heavy (non-hydrogen) atoms. The minimum absolute atomic E-state index is 0.0994. The largest absolute Gasteiger partial charge is 0.476 e. The Hall–Kier alpha value is -2.96. The van der Waals surface area contributed by atoms with Crippen LogP contribution in [0.15, 0.2) is 30.5 Å². The molecule has 2 saturated carbocycles. The van der Waals surface area contributed by atoms with Crippen molar-refractivity contribution in [2.24, 2.45) is 17.1 Å². The van der Waals surface area contributed by atoms with Crippen LogP contribution in [0.3, 0.4) is 0 Å². The van der Waals surface area contributed by atoms with Crippen LogP contribution in [0.4, 0.5) is 0 Å². The number of nitrogens with two attached hydrogens (primary N) is 1. The van der Waals surface area contributed by atoms with Gasteiger partial charge < -0.3 is 15.4 Å². The summed E-state index contributed by atoms with van der Waals surface area (Å²) in [6.45, 7) is 5.46. The Morgan fingerprint density at radius 2 is 1.94 bits per heavy atom. The third kappa shape index (κ3) is 4.20. The van der Waals surface area contributed by atoms with Gasteiger partial charge in [-0.15, -0.1) is 0 Å². The van der Waals surface area contributed by atoms with E-state index in [0.717, 1.165) is 30.5 Å². The van der Waals surface area contributed by atoms with Crippen LogP contribution in [0, 0.1) is 11.3 Å². The first-order valence-electron chi connectivity index (χ1n) is 11.5. The van der Waals surface area contributed by atoms with Gasteiger partial charge in [0.15, 0.2) is 5.69 Å². The van der Waals surface area contributed by atoms with Crippen LogP contribution >= 0.6 is 0 Å². The number of carbonyl (C=O) groups excluding carboxylic acids is 2. The number of rotatable bonds is 7. The fraction of sp³-hybridized carbons (Fsp3) is 0.520. The number of hydrogen-bond acceptors (Lipinski definition) is 5. The van der Waals surface area contributed by atoms with Crippen molar-refractivity contribution in [3.8, 4) is 5.88 Å². The Bertz CT molecular complexity index is 1060. The number of benzene rings is 1. The van der Waals surface area contributed by atoms with Crippen LogP contribution < -0.4 is 10.5 Å². The van der Waals surface area contributed by atoms with E-state index in [4.69, 9.17) is 10.5 Å². The molecule has 2 aliphatic carbocycles. The maximum atomic E-state index is 13.7. The summed E-state index contributed by atoms with van der Waals surface area (Å²) in [6, 6.07) is 7.03. The molecule has 2 N–H and O–H groups in total. The van der Waals surface area contributed by atoms with Crippen LogP contribution in [0.25, 0.3) is 0 Å². The van der Waals surface area contributed by atoms with E-state index in [2.05, 4.69) is 23.8 Å². The van der Waals surface area contributed by atoms with Gasteiger partial charge in [0.25, 0.3) is 5.91 Å². The number of amides is 2. The molecule has 3 fully saturated rings. The smallest absolute Gasteiger partial charge is 0.274 e. The van der Waals surface area contributed by atoms with E-state index in [1.807, 2.05) is 17.0 Å². The number of hydrogen-bond donors (Lipinski definition) is 1. The van der Waals surface area contributed by atoms with Crippen molar-refractivity contribution in [1.29, 1.82) is 0 Å². The maximum Gasteiger partial charge on any atom is 0.274 e. The van der Waals surface area contributed by atoms with Gasteiger partial charge in [0.2, 0.25) is 11.8 Å². The molecule has 0 spiro atoms. The minimum Gasteiger partial charge on any atom is -0.476 e. The van der Waals surface area contributed by atoms with E-state index in [9.17, 15) is 9.59 Å². The summed E-state index contributed by atoms with van der Waals surface area (Å²) in [7, 11) is 0. The normalized spacial score (nSPS) is 22.1. The van der Waals surface area contributed by atoms with Gasteiger partial charge in [-0.2, -0.15) is 0 Å². The maximum absolute atomic E-state index is 13.7. The number of primary amides is 1. The molecule has 1 aromatic heterocycles. The lowest BCUT2D eigenvalue weighted by molar-refractivity contribution is 0.0714. The Balaban J connectivity index is 1.46. The molecule has 2 amide bonds. The minimum atomic E-state index is -0.484. The molecule has 2 aromatic rings. The molecular formula is C25H30N4O3. The van der Waals surface area contributed by atoms with Gasteiger partial charge in [0.1, 0.15) is 5.69 Å². The van der Waals surface area contributed by atoms with E-state index >= 15 is 0 Å². The quantitative estimate of drug-likeness (QED) is 0.714. The summed E-state index contributed by atoms with van der Waals surface area (Å²) in [5.74, 6) is 0.824. The van der Waals surface area contributed by atoms with Gasteiger partial charge in [-0.05, 0) is 55.1 Å². The number of likely N-dealkylation sites (tertiary alicyclic amines) is 1. The summed E-state index contributed by atoms with van der Waals surface area (Å²) in [5.41, 5.74) is 7.94. The van der Waals surface area contributed by atoms with Gasteiger partial charge >= 0.3 is 0 Å². The molecule has 7 nitrogen and oxygen atoms in total. The predicted molar refractivity (Wildman–Crippen MR) is 119 cm³/mol. The van der Waals surface area contributed by atoms with Crippen LogP contribution in [0.2, 0.25) is 0 Å². The fourth-order valence-corrected chi connectivity index (χ4v) is 4.63. The average Bonchev–Trinajstić information content (AvgIpc) is 3.69. The number of aromatic nitrogens is 2. The lowest BCUT2D eigenvalue weighted by atomic mass is 9.87. The third-order valence-electron chi connectivity index (χ3n) is 6.67. The molecular weight excluding hydrogens is 404 g/mol. The number of carbonyl (C=O) groups is 2. The van der Waals surface area contributed by atoms with Gasteiger partial charge in [-0.3, -0.25) is 14.6 Å². The molecule has 0 bridgehead atoms.